The van der Waals surface area contributed by atoms with Gasteiger partial charge in [-0.25, -0.2) is 0 Å². The van der Waals surface area contributed by atoms with Crippen LogP contribution in [-0.2, 0) is 20.7 Å². The average Bonchev–Trinajstić information content (AvgIpc) is 2.45. The van der Waals surface area contributed by atoms with Gasteiger partial charge in [0, 0.05) is 38.9 Å². The quantitative estimate of drug-likeness (QED) is 0.879. The maximum absolute atomic E-state index is 12.4. The Hall–Kier alpha value is -1.66. The lowest BCUT2D eigenvalue weighted by atomic mass is 10.0. The van der Waals surface area contributed by atoms with Crippen molar-refractivity contribution in [1.82, 2.24) is 9.88 Å². The molecular weight excluding hydrogens is 284 g/mol. The SMILES string of the molecule is COC[C@H]1CN(C(=O)CCc2ccc(=O)[nH]c2)CC(C)(C)O1. The van der Waals surface area contributed by atoms with Crippen LogP contribution in [0.15, 0.2) is 23.1 Å². The number of carbonyl (C=O) groups is 1. The fourth-order valence-electron chi connectivity index (χ4n) is 2.77. The minimum absolute atomic E-state index is 0.0919. The number of methoxy groups -OCH3 is 1. The van der Waals surface area contributed by atoms with E-state index < -0.39 is 0 Å². The van der Waals surface area contributed by atoms with Crippen LogP contribution in [0.5, 0.6) is 0 Å². The third-order valence-electron chi connectivity index (χ3n) is 3.66. The van der Waals surface area contributed by atoms with Gasteiger partial charge in [0.25, 0.3) is 0 Å². The molecule has 1 fully saturated rings. The summed E-state index contributed by atoms with van der Waals surface area (Å²) in [6.45, 7) is 5.58. The first-order valence-corrected chi connectivity index (χ1v) is 7.52. The Morgan fingerprint density at radius 1 is 1.50 bits per heavy atom. The number of pyridine rings is 1. The standard InChI is InChI=1S/C16H24N2O4/c1-16(2)11-18(9-13(22-16)10-21-3)15(20)7-5-12-4-6-14(19)17-8-12/h4,6,8,13H,5,7,9-11H2,1-3H3,(H,17,19)/t13-/m1/s1. The zero-order valence-electron chi connectivity index (χ0n) is 13.4. The Balaban J connectivity index is 1.93. The highest BCUT2D eigenvalue weighted by Crippen LogP contribution is 2.22. The summed E-state index contributed by atoms with van der Waals surface area (Å²) in [6, 6.07) is 3.23. The molecule has 1 N–H and O–H groups in total. The van der Waals surface area contributed by atoms with E-state index in [-0.39, 0.29) is 23.2 Å². The number of hydrogen-bond acceptors (Lipinski definition) is 4. The molecule has 2 rings (SSSR count). The van der Waals surface area contributed by atoms with Crippen LogP contribution < -0.4 is 5.56 Å². The van der Waals surface area contributed by atoms with Crippen molar-refractivity contribution in [2.75, 3.05) is 26.8 Å². The van der Waals surface area contributed by atoms with E-state index in [1.54, 1.807) is 19.4 Å². The number of aromatic amines is 1. The minimum atomic E-state index is -0.366. The molecule has 1 aromatic heterocycles. The van der Waals surface area contributed by atoms with Crippen molar-refractivity contribution in [1.29, 1.82) is 0 Å². The smallest absolute Gasteiger partial charge is 0.247 e. The molecule has 1 aromatic rings. The predicted molar refractivity (Wildman–Crippen MR) is 82.8 cm³/mol. The van der Waals surface area contributed by atoms with E-state index in [9.17, 15) is 9.59 Å². The van der Waals surface area contributed by atoms with E-state index in [2.05, 4.69) is 4.98 Å². The van der Waals surface area contributed by atoms with Crippen LogP contribution in [0.4, 0.5) is 0 Å². The van der Waals surface area contributed by atoms with Crippen molar-refractivity contribution in [2.45, 2.75) is 38.4 Å². The Bertz CT molecular complexity index is 547. The highest BCUT2D eigenvalue weighted by molar-refractivity contribution is 5.76. The molecule has 1 saturated heterocycles. The number of aryl methyl sites for hydroxylation is 1. The van der Waals surface area contributed by atoms with E-state index >= 15 is 0 Å². The van der Waals surface area contributed by atoms with Gasteiger partial charge < -0.3 is 19.4 Å². The van der Waals surface area contributed by atoms with Gasteiger partial charge in [-0.15, -0.1) is 0 Å². The van der Waals surface area contributed by atoms with Gasteiger partial charge in [0.15, 0.2) is 0 Å². The lowest BCUT2D eigenvalue weighted by molar-refractivity contribution is -0.168. The summed E-state index contributed by atoms with van der Waals surface area (Å²) in [5, 5.41) is 0. The van der Waals surface area contributed by atoms with Gasteiger partial charge >= 0.3 is 0 Å². The summed E-state index contributed by atoms with van der Waals surface area (Å²) < 4.78 is 11.1. The molecule has 0 spiro atoms. The van der Waals surface area contributed by atoms with Gasteiger partial charge in [-0.2, -0.15) is 0 Å². The molecule has 2 heterocycles. The van der Waals surface area contributed by atoms with Gasteiger partial charge in [-0.3, -0.25) is 9.59 Å². The first-order valence-electron chi connectivity index (χ1n) is 7.52. The van der Waals surface area contributed by atoms with Crippen LogP contribution in [0, 0.1) is 0 Å². The van der Waals surface area contributed by atoms with Crippen molar-refractivity contribution in [3.8, 4) is 0 Å². The minimum Gasteiger partial charge on any atom is -0.382 e. The summed E-state index contributed by atoms with van der Waals surface area (Å²) in [6.07, 6.45) is 2.60. The second kappa shape index (κ2) is 7.07. The maximum Gasteiger partial charge on any atom is 0.247 e. The van der Waals surface area contributed by atoms with E-state index in [1.807, 2.05) is 18.7 Å². The molecule has 0 aromatic carbocycles. The number of nitrogens with zero attached hydrogens (tertiary/aromatic N) is 1. The largest absolute Gasteiger partial charge is 0.382 e. The first-order chi connectivity index (χ1) is 10.4. The second-order valence-corrected chi connectivity index (χ2v) is 6.29. The van der Waals surface area contributed by atoms with E-state index in [0.29, 0.717) is 32.5 Å². The van der Waals surface area contributed by atoms with Gasteiger partial charge in [0.2, 0.25) is 11.5 Å². The summed E-state index contributed by atoms with van der Waals surface area (Å²) in [5.74, 6) is 0.101. The summed E-state index contributed by atoms with van der Waals surface area (Å²) in [7, 11) is 1.63. The second-order valence-electron chi connectivity index (χ2n) is 6.29. The zero-order chi connectivity index (χ0) is 16.2. The highest BCUT2D eigenvalue weighted by Gasteiger charge is 2.35. The fraction of sp³-hybridized carbons (Fsp3) is 0.625. The highest BCUT2D eigenvalue weighted by atomic mass is 16.5. The van der Waals surface area contributed by atoms with Crippen molar-refractivity contribution < 1.29 is 14.3 Å². The molecule has 1 aliphatic heterocycles. The van der Waals surface area contributed by atoms with Crippen LogP contribution in [0.2, 0.25) is 0 Å². The summed E-state index contributed by atoms with van der Waals surface area (Å²) >= 11 is 0. The third-order valence-corrected chi connectivity index (χ3v) is 3.66. The maximum atomic E-state index is 12.4. The Morgan fingerprint density at radius 3 is 2.91 bits per heavy atom. The number of rotatable bonds is 5. The number of nitrogens with one attached hydrogen (secondary N) is 1. The van der Waals surface area contributed by atoms with Crippen molar-refractivity contribution in [3.05, 3.63) is 34.2 Å². The van der Waals surface area contributed by atoms with Gasteiger partial charge in [-0.1, -0.05) is 6.07 Å². The number of ether oxygens (including phenoxy) is 2. The molecule has 0 aliphatic carbocycles. The predicted octanol–water partition coefficient (Wildman–Crippen LogP) is 0.960. The zero-order valence-corrected chi connectivity index (χ0v) is 13.4. The number of amides is 1. The molecule has 1 amide bonds. The van der Waals surface area contributed by atoms with Crippen molar-refractivity contribution >= 4 is 5.91 Å². The molecule has 22 heavy (non-hydrogen) atoms. The van der Waals surface area contributed by atoms with E-state index in [0.717, 1.165) is 5.56 Å². The van der Waals surface area contributed by atoms with Gasteiger partial charge in [0.05, 0.1) is 18.3 Å². The molecule has 0 unspecified atom stereocenters. The molecule has 122 valence electrons. The summed E-state index contributed by atoms with van der Waals surface area (Å²) in [4.78, 5) is 27.9. The fourth-order valence-corrected chi connectivity index (χ4v) is 2.77. The summed E-state index contributed by atoms with van der Waals surface area (Å²) in [5.41, 5.74) is 0.455. The Morgan fingerprint density at radius 2 is 2.27 bits per heavy atom. The third kappa shape index (κ3) is 4.68. The van der Waals surface area contributed by atoms with Gasteiger partial charge in [0.1, 0.15) is 0 Å². The van der Waals surface area contributed by atoms with E-state index in [4.69, 9.17) is 9.47 Å². The molecule has 1 aliphatic rings. The molecule has 0 radical (unpaired) electrons. The number of aromatic nitrogens is 1. The van der Waals surface area contributed by atoms with Crippen LogP contribution in [0.25, 0.3) is 0 Å². The number of hydrogen-bond donors (Lipinski definition) is 1. The normalized spacial score (nSPS) is 20.9. The van der Waals surface area contributed by atoms with E-state index in [1.165, 1.54) is 6.07 Å². The van der Waals surface area contributed by atoms with Gasteiger partial charge in [-0.05, 0) is 25.8 Å². The van der Waals surface area contributed by atoms with Crippen molar-refractivity contribution in [2.24, 2.45) is 0 Å². The molecule has 0 saturated carbocycles. The van der Waals surface area contributed by atoms with Crippen LogP contribution in [0.1, 0.15) is 25.8 Å². The molecule has 6 nitrogen and oxygen atoms in total. The lowest BCUT2D eigenvalue weighted by Crippen LogP contribution is -2.55. The monoisotopic (exact) mass is 308 g/mol. The van der Waals surface area contributed by atoms with Crippen LogP contribution in [-0.4, -0.2) is 54.3 Å². The molecule has 0 bridgehead atoms. The van der Waals surface area contributed by atoms with Crippen LogP contribution >= 0.6 is 0 Å². The Labute approximate surface area is 130 Å². The van der Waals surface area contributed by atoms with Crippen molar-refractivity contribution in [3.63, 3.8) is 0 Å². The average molecular weight is 308 g/mol. The molecule has 1 atom stereocenters. The number of carbonyl (C=O) groups excluding carboxylic acids is 1. The number of H-pyrrole nitrogens is 1. The van der Waals surface area contributed by atoms with Crippen LogP contribution in [0.3, 0.4) is 0 Å². The Kier molecular flexibility index (Phi) is 5.37. The first kappa shape index (κ1) is 16.7. The topological polar surface area (TPSA) is 71.6 Å². The number of morpholine rings is 1. The molecule has 6 heteroatoms. The molecular formula is C16H24N2O4. The lowest BCUT2D eigenvalue weighted by Gasteiger charge is -2.42.